The Labute approximate surface area is 128 Å². The molecule has 1 aliphatic carbocycles. The van der Waals surface area contributed by atoms with E-state index >= 15 is 0 Å². The number of rotatable bonds is 3. The summed E-state index contributed by atoms with van der Waals surface area (Å²) in [6, 6.07) is 3.63. The summed E-state index contributed by atoms with van der Waals surface area (Å²) in [7, 11) is 0. The fraction of sp³-hybridized carbons (Fsp3) is 0.267. The van der Waals surface area contributed by atoms with Gasteiger partial charge in [-0.3, -0.25) is 14.2 Å². The fourth-order valence-corrected chi connectivity index (χ4v) is 4.68. The topological polar surface area (TPSA) is 52.0 Å². The van der Waals surface area contributed by atoms with E-state index in [2.05, 4.69) is 4.98 Å². The maximum atomic E-state index is 12.6. The average molecular weight is 316 g/mol. The second-order valence-corrected chi connectivity index (χ2v) is 7.15. The maximum absolute atomic E-state index is 12.6. The smallest absolute Gasteiger partial charge is 0.262 e. The van der Waals surface area contributed by atoms with Crippen LogP contribution in [0.4, 0.5) is 0 Å². The molecule has 0 saturated heterocycles. The highest BCUT2D eigenvalue weighted by Gasteiger charge is 2.21. The molecule has 0 unspecified atom stereocenters. The summed E-state index contributed by atoms with van der Waals surface area (Å²) in [6.45, 7) is 0.0624. The molecule has 3 aromatic heterocycles. The van der Waals surface area contributed by atoms with E-state index in [4.69, 9.17) is 0 Å². The van der Waals surface area contributed by atoms with E-state index < -0.39 is 0 Å². The van der Waals surface area contributed by atoms with Gasteiger partial charge in [0.25, 0.3) is 5.56 Å². The zero-order chi connectivity index (χ0) is 14.4. The van der Waals surface area contributed by atoms with Crippen LogP contribution in [-0.4, -0.2) is 15.3 Å². The highest BCUT2D eigenvalue weighted by Crippen LogP contribution is 2.34. The molecular weight excluding hydrogens is 304 g/mol. The zero-order valence-electron chi connectivity index (χ0n) is 11.2. The first-order valence-corrected chi connectivity index (χ1v) is 8.50. The number of aryl methyl sites for hydroxylation is 2. The zero-order valence-corrected chi connectivity index (χ0v) is 12.8. The lowest BCUT2D eigenvalue weighted by molar-refractivity contribution is 0.0974. The van der Waals surface area contributed by atoms with Gasteiger partial charge >= 0.3 is 0 Å². The standard InChI is InChI=1S/C15H12N2O2S2/c18-10(12-5-2-6-20-12)7-17-8-16-14-13(15(17)19)9-3-1-4-11(9)21-14/h2,5-6,8H,1,3-4,7H2. The summed E-state index contributed by atoms with van der Waals surface area (Å²) in [5, 5.41) is 2.59. The monoisotopic (exact) mass is 316 g/mol. The van der Waals surface area contributed by atoms with E-state index in [0.29, 0.717) is 4.88 Å². The Hall–Kier alpha value is -1.79. The van der Waals surface area contributed by atoms with Crippen LogP contribution in [0.2, 0.25) is 0 Å². The molecule has 1 aliphatic rings. The molecule has 6 heteroatoms. The highest BCUT2D eigenvalue weighted by atomic mass is 32.1. The molecule has 4 rings (SSSR count). The van der Waals surface area contributed by atoms with Crippen LogP contribution < -0.4 is 5.56 Å². The molecule has 0 atom stereocenters. The number of carbonyl (C=O) groups excluding carboxylic acids is 1. The minimum atomic E-state index is -0.0793. The Bertz CT molecular complexity index is 890. The predicted molar refractivity (Wildman–Crippen MR) is 84.6 cm³/mol. The number of fused-ring (bicyclic) bond motifs is 3. The Morgan fingerprint density at radius 3 is 3.10 bits per heavy atom. The van der Waals surface area contributed by atoms with Crippen LogP contribution in [0.25, 0.3) is 10.2 Å². The van der Waals surface area contributed by atoms with Crippen molar-refractivity contribution in [1.29, 1.82) is 0 Å². The van der Waals surface area contributed by atoms with Crippen molar-refractivity contribution in [2.24, 2.45) is 0 Å². The lowest BCUT2D eigenvalue weighted by atomic mass is 10.2. The number of carbonyl (C=O) groups is 1. The number of ketones is 1. The van der Waals surface area contributed by atoms with E-state index in [-0.39, 0.29) is 17.9 Å². The summed E-state index contributed by atoms with van der Waals surface area (Å²) in [5.74, 6) is -0.0416. The molecule has 0 aromatic carbocycles. The van der Waals surface area contributed by atoms with Crippen LogP contribution in [0.1, 0.15) is 26.5 Å². The molecule has 106 valence electrons. The molecule has 3 aromatic rings. The van der Waals surface area contributed by atoms with Crippen LogP contribution in [0.15, 0.2) is 28.6 Å². The molecule has 0 radical (unpaired) electrons. The summed E-state index contributed by atoms with van der Waals surface area (Å²) >= 11 is 3.02. The van der Waals surface area contributed by atoms with Crippen LogP contribution in [0, 0.1) is 0 Å². The second-order valence-electron chi connectivity index (χ2n) is 5.12. The third-order valence-electron chi connectivity index (χ3n) is 3.80. The molecular formula is C15H12N2O2S2. The van der Waals surface area contributed by atoms with Gasteiger partial charge in [-0.2, -0.15) is 0 Å². The number of hydrogen-bond acceptors (Lipinski definition) is 5. The van der Waals surface area contributed by atoms with Crippen molar-refractivity contribution in [3.8, 4) is 0 Å². The molecule has 0 amide bonds. The van der Waals surface area contributed by atoms with Crippen LogP contribution in [0.3, 0.4) is 0 Å². The molecule has 0 fully saturated rings. The van der Waals surface area contributed by atoms with Gasteiger partial charge < -0.3 is 0 Å². The SMILES string of the molecule is O=C(Cn1cnc2sc3c(c2c1=O)CCC3)c1cccs1. The third kappa shape index (κ3) is 2.06. The van der Waals surface area contributed by atoms with Gasteiger partial charge in [-0.15, -0.1) is 22.7 Å². The van der Waals surface area contributed by atoms with E-state index in [1.165, 1.54) is 27.1 Å². The first-order chi connectivity index (χ1) is 10.2. The van der Waals surface area contributed by atoms with Gasteiger partial charge in [0.15, 0.2) is 5.78 Å². The summed E-state index contributed by atoms with van der Waals surface area (Å²) in [5.41, 5.74) is 1.08. The molecule has 3 heterocycles. The van der Waals surface area contributed by atoms with Crippen molar-refractivity contribution in [2.75, 3.05) is 0 Å². The van der Waals surface area contributed by atoms with Crippen molar-refractivity contribution >= 4 is 38.7 Å². The number of hydrogen-bond donors (Lipinski definition) is 0. The van der Waals surface area contributed by atoms with E-state index in [1.54, 1.807) is 17.4 Å². The molecule has 0 saturated carbocycles. The first kappa shape index (κ1) is 12.9. The third-order valence-corrected chi connectivity index (χ3v) is 5.91. The average Bonchev–Trinajstić information content (AvgIpc) is 3.16. The van der Waals surface area contributed by atoms with E-state index in [0.717, 1.165) is 35.0 Å². The number of nitrogens with zero attached hydrogens (tertiary/aromatic N) is 2. The number of thiophene rings is 2. The molecule has 0 aliphatic heterocycles. The summed E-state index contributed by atoms with van der Waals surface area (Å²) in [6.07, 6.45) is 4.61. The van der Waals surface area contributed by atoms with Crippen molar-refractivity contribution in [1.82, 2.24) is 9.55 Å². The van der Waals surface area contributed by atoms with E-state index in [1.807, 2.05) is 11.4 Å². The largest absolute Gasteiger partial charge is 0.291 e. The maximum Gasteiger partial charge on any atom is 0.262 e. The van der Waals surface area contributed by atoms with Crippen molar-refractivity contribution in [3.63, 3.8) is 0 Å². The Balaban J connectivity index is 1.78. The molecule has 0 N–H and O–H groups in total. The Kier molecular flexibility index (Phi) is 3.01. The van der Waals surface area contributed by atoms with Crippen LogP contribution in [-0.2, 0) is 19.4 Å². The fourth-order valence-electron chi connectivity index (χ4n) is 2.80. The van der Waals surface area contributed by atoms with E-state index in [9.17, 15) is 9.59 Å². The second kappa shape index (κ2) is 4.89. The van der Waals surface area contributed by atoms with Gasteiger partial charge in [0.2, 0.25) is 0 Å². The van der Waals surface area contributed by atoms with Crippen molar-refractivity contribution in [3.05, 3.63) is 49.5 Å². The van der Waals surface area contributed by atoms with Crippen LogP contribution in [0.5, 0.6) is 0 Å². The van der Waals surface area contributed by atoms with Gasteiger partial charge in [-0.05, 0) is 36.3 Å². The van der Waals surface area contributed by atoms with Crippen molar-refractivity contribution < 1.29 is 4.79 Å². The summed E-state index contributed by atoms with van der Waals surface area (Å²) < 4.78 is 1.44. The Morgan fingerprint density at radius 2 is 2.29 bits per heavy atom. The number of aromatic nitrogens is 2. The first-order valence-electron chi connectivity index (χ1n) is 6.80. The lowest BCUT2D eigenvalue weighted by Gasteiger charge is -2.04. The Morgan fingerprint density at radius 1 is 1.38 bits per heavy atom. The number of Topliss-reactive ketones (excluding diaryl/α,β-unsaturated/α-hetero) is 1. The predicted octanol–water partition coefficient (Wildman–Crippen LogP) is 2.89. The van der Waals surface area contributed by atoms with Crippen molar-refractivity contribution in [2.45, 2.75) is 25.8 Å². The highest BCUT2D eigenvalue weighted by molar-refractivity contribution is 7.18. The minimum Gasteiger partial charge on any atom is -0.291 e. The van der Waals surface area contributed by atoms with Gasteiger partial charge in [0, 0.05) is 4.88 Å². The molecule has 4 nitrogen and oxygen atoms in total. The van der Waals surface area contributed by atoms with Gasteiger partial charge in [-0.1, -0.05) is 6.07 Å². The summed E-state index contributed by atoms with van der Waals surface area (Å²) in [4.78, 5) is 31.9. The minimum absolute atomic E-state index is 0.0416. The van der Waals surface area contributed by atoms with Gasteiger partial charge in [0.05, 0.1) is 23.1 Å². The van der Waals surface area contributed by atoms with Gasteiger partial charge in [-0.25, -0.2) is 4.98 Å². The van der Waals surface area contributed by atoms with Gasteiger partial charge in [0.1, 0.15) is 4.83 Å². The lowest BCUT2D eigenvalue weighted by Crippen LogP contribution is -2.24. The van der Waals surface area contributed by atoms with Crippen LogP contribution >= 0.6 is 22.7 Å². The molecule has 21 heavy (non-hydrogen) atoms. The quantitative estimate of drug-likeness (QED) is 0.698. The molecule has 0 spiro atoms. The molecule has 0 bridgehead atoms. The normalized spacial score (nSPS) is 13.7.